The van der Waals surface area contributed by atoms with Gasteiger partial charge in [0.15, 0.2) is 16.9 Å². The molecule has 110 valence electrons. The van der Waals surface area contributed by atoms with Crippen LogP contribution in [-0.4, -0.2) is 22.0 Å². The number of fused-ring (bicyclic) bond motifs is 2. The Labute approximate surface area is 119 Å². The summed E-state index contributed by atoms with van der Waals surface area (Å²) in [6.45, 7) is 4.99. The van der Waals surface area contributed by atoms with Crippen LogP contribution in [-0.2, 0) is 32.8 Å². The van der Waals surface area contributed by atoms with E-state index in [-0.39, 0.29) is 16.1 Å². The Kier molecular flexibility index (Phi) is 3.25. The molecule has 1 N–H and O–H groups in total. The molecule has 1 saturated heterocycles. The molecule has 3 rings (SSSR count). The molecule has 1 atom stereocenters. The monoisotopic (exact) mass is 300 g/mol. The van der Waals surface area contributed by atoms with E-state index in [0.29, 0.717) is 37.2 Å². The molecule has 0 aromatic heterocycles. The van der Waals surface area contributed by atoms with Gasteiger partial charge >= 0.3 is 0 Å². The first kappa shape index (κ1) is 14.1. The minimum Gasteiger partial charge on any atom is -0.345 e. The van der Waals surface area contributed by atoms with Crippen LogP contribution in [0.5, 0.6) is 0 Å². The first-order valence-corrected chi connectivity index (χ1v) is 7.66. The Morgan fingerprint density at radius 3 is 2.55 bits per heavy atom. The van der Waals surface area contributed by atoms with Gasteiger partial charge in [-0.25, -0.2) is 8.60 Å². The van der Waals surface area contributed by atoms with E-state index in [1.54, 1.807) is 0 Å². The van der Waals surface area contributed by atoms with Crippen molar-refractivity contribution in [2.45, 2.75) is 37.4 Å². The Bertz CT molecular complexity index is 575. The van der Waals surface area contributed by atoms with E-state index in [9.17, 15) is 13.2 Å². The molecule has 6 heteroatoms. The van der Waals surface area contributed by atoms with Gasteiger partial charge in [0, 0.05) is 17.4 Å². The van der Waals surface area contributed by atoms with Gasteiger partial charge in [-0.2, -0.15) is 0 Å². The van der Waals surface area contributed by atoms with Crippen LogP contribution in [0, 0.1) is 11.2 Å². The normalized spacial score (nSPS) is 24.6. The molecule has 0 amide bonds. The Morgan fingerprint density at radius 2 is 1.95 bits per heavy atom. The quantitative estimate of drug-likeness (QED) is 0.810. The first-order valence-electron chi connectivity index (χ1n) is 6.55. The van der Waals surface area contributed by atoms with Gasteiger partial charge in [-0.3, -0.25) is 0 Å². The Morgan fingerprint density at radius 1 is 1.30 bits per heavy atom. The highest BCUT2D eigenvalue weighted by molar-refractivity contribution is 7.79. The molecule has 1 aliphatic heterocycles. The summed E-state index contributed by atoms with van der Waals surface area (Å²) in [5, 5.41) is 0. The van der Waals surface area contributed by atoms with Gasteiger partial charge in [-0.1, -0.05) is 13.8 Å². The highest BCUT2D eigenvalue weighted by Gasteiger charge is 2.49. The molecule has 1 aromatic carbocycles. The Hall–Kier alpha value is -0.820. The van der Waals surface area contributed by atoms with Crippen LogP contribution in [0.25, 0.3) is 0 Å². The lowest BCUT2D eigenvalue weighted by molar-refractivity contribution is -0.307. The maximum atomic E-state index is 13.9. The SMILES string of the molecule is CC1(C)COC2(CCc3c(F)ccc(S(=O)O)c32)OC1. The summed E-state index contributed by atoms with van der Waals surface area (Å²) in [4.78, 5) is 0.179. The van der Waals surface area contributed by atoms with E-state index in [1.165, 1.54) is 12.1 Å². The maximum Gasteiger partial charge on any atom is 0.196 e. The number of ether oxygens (including phenoxy) is 2. The highest BCUT2D eigenvalue weighted by Crippen LogP contribution is 2.48. The molecular weight excluding hydrogens is 283 g/mol. The van der Waals surface area contributed by atoms with E-state index < -0.39 is 16.9 Å². The lowest BCUT2D eigenvalue weighted by Crippen LogP contribution is -2.44. The zero-order valence-corrected chi connectivity index (χ0v) is 12.3. The van der Waals surface area contributed by atoms with E-state index >= 15 is 0 Å². The predicted octanol–water partition coefficient (Wildman–Crippen LogP) is 2.58. The van der Waals surface area contributed by atoms with Crippen LogP contribution in [0.15, 0.2) is 17.0 Å². The fraction of sp³-hybridized carbons (Fsp3) is 0.571. The van der Waals surface area contributed by atoms with Crippen molar-refractivity contribution in [3.63, 3.8) is 0 Å². The molecule has 1 spiro atoms. The third-order valence-electron chi connectivity index (χ3n) is 3.88. The van der Waals surface area contributed by atoms with Crippen LogP contribution < -0.4 is 0 Å². The van der Waals surface area contributed by atoms with Gasteiger partial charge < -0.3 is 14.0 Å². The van der Waals surface area contributed by atoms with Gasteiger partial charge in [0.2, 0.25) is 0 Å². The molecule has 2 aliphatic rings. The van der Waals surface area contributed by atoms with Crippen molar-refractivity contribution < 1.29 is 22.6 Å². The summed E-state index contributed by atoms with van der Waals surface area (Å²) in [6.07, 6.45) is 0.927. The maximum absolute atomic E-state index is 13.9. The van der Waals surface area contributed by atoms with Gasteiger partial charge in [-0.15, -0.1) is 0 Å². The second-order valence-corrected chi connectivity index (χ2v) is 7.08. The summed E-state index contributed by atoms with van der Waals surface area (Å²) in [5.41, 5.74) is 0.735. The van der Waals surface area contributed by atoms with Crippen molar-refractivity contribution >= 4 is 11.1 Å². The lowest BCUT2D eigenvalue weighted by Gasteiger charge is -2.42. The Balaban J connectivity index is 2.09. The van der Waals surface area contributed by atoms with Crippen LogP contribution in [0.2, 0.25) is 0 Å². The average Bonchev–Trinajstić information content (AvgIpc) is 2.75. The van der Waals surface area contributed by atoms with Crippen molar-refractivity contribution in [3.05, 3.63) is 29.1 Å². The number of rotatable bonds is 1. The molecule has 1 fully saturated rings. The van der Waals surface area contributed by atoms with E-state index in [2.05, 4.69) is 0 Å². The molecule has 1 aliphatic carbocycles. The van der Waals surface area contributed by atoms with Gasteiger partial charge in [0.25, 0.3) is 0 Å². The van der Waals surface area contributed by atoms with Crippen molar-refractivity contribution in [1.29, 1.82) is 0 Å². The smallest absolute Gasteiger partial charge is 0.196 e. The molecule has 1 aromatic rings. The molecule has 1 heterocycles. The minimum absolute atomic E-state index is 0.111. The summed E-state index contributed by atoms with van der Waals surface area (Å²) >= 11 is -2.19. The fourth-order valence-electron chi connectivity index (χ4n) is 2.82. The van der Waals surface area contributed by atoms with Crippen molar-refractivity contribution in [1.82, 2.24) is 0 Å². The topological polar surface area (TPSA) is 55.8 Å². The third kappa shape index (κ3) is 2.11. The van der Waals surface area contributed by atoms with Gasteiger partial charge in [0.05, 0.1) is 18.1 Å². The van der Waals surface area contributed by atoms with E-state index in [0.717, 1.165) is 0 Å². The summed E-state index contributed by atoms with van der Waals surface area (Å²) in [7, 11) is 0. The molecule has 0 saturated carbocycles. The number of halogens is 1. The number of hydrogen-bond acceptors (Lipinski definition) is 3. The summed E-state index contributed by atoms with van der Waals surface area (Å²) < 4.78 is 46.6. The second-order valence-electron chi connectivity index (χ2n) is 6.14. The predicted molar refractivity (Wildman–Crippen MR) is 71.1 cm³/mol. The van der Waals surface area contributed by atoms with Gasteiger partial charge in [0.1, 0.15) is 5.82 Å². The van der Waals surface area contributed by atoms with Gasteiger partial charge in [-0.05, 0) is 24.1 Å². The summed E-state index contributed by atoms with van der Waals surface area (Å²) in [6, 6.07) is 2.57. The minimum atomic E-state index is -2.19. The van der Waals surface area contributed by atoms with E-state index in [1.807, 2.05) is 13.8 Å². The highest BCUT2D eigenvalue weighted by atomic mass is 32.2. The van der Waals surface area contributed by atoms with Crippen molar-refractivity contribution in [2.75, 3.05) is 13.2 Å². The van der Waals surface area contributed by atoms with Crippen LogP contribution in [0.1, 0.15) is 31.4 Å². The van der Waals surface area contributed by atoms with E-state index in [4.69, 9.17) is 9.47 Å². The average molecular weight is 300 g/mol. The first-order chi connectivity index (χ1) is 9.35. The lowest BCUT2D eigenvalue weighted by atomic mass is 9.93. The largest absolute Gasteiger partial charge is 0.345 e. The second kappa shape index (κ2) is 4.59. The molecule has 0 bridgehead atoms. The van der Waals surface area contributed by atoms with Crippen molar-refractivity contribution in [3.8, 4) is 0 Å². The van der Waals surface area contributed by atoms with Crippen LogP contribution in [0.4, 0.5) is 4.39 Å². The zero-order valence-electron chi connectivity index (χ0n) is 11.4. The molecule has 1 unspecified atom stereocenters. The summed E-state index contributed by atoms with van der Waals surface area (Å²) in [5.74, 6) is -1.44. The standard InChI is InChI=1S/C14H17FO4S/c1-13(2)7-18-14(19-8-13)6-5-9-10(15)3-4-11(12(9)14)20(16)17/h3-4H,5-8H2,1-2H3,(H,16,17). The third-order valence-corrected chi connectivity index (χ3v) is 4.60. The number of hydrogen-bond donors (Lipinski definition) is 1. The van der Waals surface area contributed by atoms with Crippen molar-refractivity contribution in [2.24, 2.45) is 5.41 Å². The van der Waals surface area contributed by atoms with Crippen LogP contribution >= 0.6 is 0 Å². The molecule has 20 heavy (non-hydrogen) atoms. The molecule has 4 nitrogen and oxygen atoms in total. The molecular formula is C14H17FO4S. The van der Waals surface area contributed by atoms with Crippen LogP contribution in [0.3, 0.4) is 0 Å². The molecule has 0 radical (unpaired) electrons. The number of benzene rings is 1. The zero-order chi connectivity index (χ0) is 14.5. The fourth-order valence-corrected chi connectivity index (χ4v) is 3.46.